The number of nitrogens with one attached hydrogen (secondary N) is 1. The quantitative estimate of drug-likeness (QED) is 0.734. The molecule has 0 amide bonds. The lowest BCUT2D eigenvalue weighted by molar-refractivity contribution is 0.514. The second-order valence-corrected chi connectivity index (χ2v) is 5.32. The first-order valence-electron chi connectivity index (χ1n) is 5.65. The molecule has 1 aliphatic carbocycles. The van der Waals surface area contributed by atoms with E-state index in [1.54, 1.807) is 0 Å². The Morgan fingerprint density at radius 2 is 2.00 bits per heavy atom. The van der Waals surface area contributed by atoms with E-state index in [2.05, 4.69) is 31.1 Å². The molecular weight excluding hydrogens is 178 g/mol. The highest BCUT2D eigenvalue weighted by Gasteiger charge is 2.14. The van der Waals surface area contributed by atoms with Crippen molar-refractivity contribution in [3.8, 4) is 0 Å². The molecule has 0 heterocycles. The normalized spacial score (nSPS) is 21.7. The SMILES string of the molecule is CCC(CSC1CCCCC1)NC. The summed E-state index contributed by atoms with van der Waals surface area (Å²) in [6.45, 7) is 2.27. The van der Waals surface area contributed by atoms with Crippen molar-refractivity contribution in [1.82, 2.24) is 5.32 Å². The van der Waals surface area contributed by atoms with Gasteiger partial charge in [-0.3, -0.25) is 0 Å². The Bertz CT molecular complexity index is 117. The van der Waals surface area contributed by atoms with Gasteiger partial charge in [0, 0.05) is 17.0 Å². The summed E-state index contributed by atoms with van der Waals surface area (Å²) < 4.78 is 0. The Labute approximate surface area is 87.1 Å². The summed E-state index contributed by atoms with van der Waals surface area (Å²) in [6.07, 6.45) is 8.59. The number of hydrogen-bond acceptors (Lipinski definition) is 2. The minimum absolute atomic E-state index is 0.729. The van der Waals surface area contributed by atoms with Gasteiger partial charge < -0.3 is 5.32 Å². The molecule has 0 aromatic rings. The van der Waals surface area contributed by atoms with Gasteiger partial charge in [-0.25, -0.2) is 0 Å². The minimum atomic E-state index is 0.729. The fourth-order valence-corrected chi connectivity index (χ4v) is 3.46. The molecule has 1 fully saturated rings. The lowest BCUT2D eigenvalue weighted by Crippen LogP contribution is -2.27. The summed E-state index contributed by atoms with van der Waals surface area (Å²) in [6, 6.07) is 0.729. The third kappa shape index (κ3) is 4.37. The highest BCUT2D eigenvalue weighted by atomic mass is 32.2. The molecule has 0 aliphatic heterocycles. The van der Waals surface area contributed by atoms with Gasteiger partial charge in [0.1, 0.15) is 0 Å². The smallest absolute Gasteiger partial charge is 0.0152 e. The Balaban J connectivity index is 2.09. The summed E-state index contributed by atoms with van der Waals surface area (Å²) in [7, 11) is 2.08. The Kier molecular flexibility index (Phi) is 5.88. The summed E-state index contributed by atoms with van der Waals surface area (Å²) in [5.74, 6) is 1.30. The standard InChI is InChI=1S/C11H23NS/c1-3-10(12-2)9-13-11-7-5-4-6-8-11/h10-12H,3-9H2,1-2H3. The van der Waals surface area contributed by atoms with Crippen LogP contribution in [0.25, 0.3) is 0 Å². The number of rotatable bonds is 5. The van der Waals surface area contributed by atoms with Crippen LogP contribution >= 0.6 is 11.8 Å². The van der Waals surface area contributed by atoms with Gasteiger partial charge in [-0.05, 0) is 26.3 Å². The monoisotopic (exact) mass is 201 g/mol. The molecule has 2 heteroatoms. The second-order valence-electron chi connectivity index (χ2n) is 3.99. The molecule has 1 unspecified atom stereocenters. The first kappa shape index (κ1) is 11.4. The van der Waals surface area contributed by atoms with Crippen molar-refractivity contribution < 1.29 is 0 Å². The highest BCUT2D eigenvalue weighted by Crippen LogP contribution is 2.28. The third-order valence-electron chi connectivity index (χ3n) is 2.99. The van der Waals surface area contributed by atoms with Crippen molar-refractivity contribution in [2.75, 3.05) is 12.8 Å². The maximum absolute atomic E-state index is 3.37. The van der Waals surface area contributed by atoms with Crippen LogP contribution in [0.5, 0.6) is 0 Å². The number of thioether (sulfide) groups is 1. The van der Waals surface area contributed by atoms with Gasteiger partial charge >= 0.3 is 0 Å². The molecule has 0 spiro atoms. The Morgan fingerprint density at radius 3 is 2.54 bits per heavy atom. The maximum atomic E-state index is 3.37. The van der Waals surface area contributed by atoms with Crippen LogP contribution in [-0.4, -0.2) is 24.1 Å². The number of hydrogen-bond donors (Lipinski definition) is 1. The highest BCUT2D eigenvalue weighted by molar-refractivity contribution is 7.99. The molecule has 78 valence electrons. The largest absolute Gasteiger partial charge is 0.316 e. The molecule has 0 aromatic heterocycles. The zero-order chi connectivity index (χ0) is 9.52. The Hall–Kier alpha value is 0.310. The van der Waals surface area contributed by atoms with Gasteiger partial charge in [-0.1, -0.05) is 26.2 Å². The Morgan fingerprint density at radius 1 is 1.31 bits per heavy atom. The molecule has 1 aliphatic rings. The lowest BCUT2D eigenvalue weighted by atomic mass is 10.0. The lowest BCUT2D eigenvalue weighted by Gasteiger charge is -2.23. The van der Waals surface area contributed by atoms with Gasteiger partial charge in [-0.2, -0.15) is 11.8 Å². The summed E-state index contributed by atoms with van der Waals surface area (Å²) >= 11 is 2.19. The van der Waals surface area contributed by atoms with Crippen LogP contribution in [0.1, 0.15) is 45.4 Å². The van der Waals surface area contributed by atoms with E-state index < -0.39 is 0 Å². The van der Waals surface area contributed by atoms with Crippen molar-refractivity contribution in [3.63, 3.8) is 0 Å². The van der Waals surface area contributed by atoms with Gasteiger partial charge in [-0.15, -0.1) is 0 Å². The fourth-order valence-electron chi connectivity index (χ4n) is 1.89. The van der Waals surface area contributed by atoms with Gasteiger partial charge in [0.15, 0.2) is 0 Å². The van der Waals surface area contributed by atoms with E-state index in [0.29, 0.717) is 0 Å². The first-order chi connectivity index (χ1) is 6.36. The summed E-state index contributed by atoms with van der Waals surface area (Å²) in [4.78, 5) is 0. The van der Waals surface area contributed by atoms with Crippen molar-refractivity contribution in [1.29, 1.82) is 0 Å². The molecular formula is C11H23NS. The zero-order valence-corrected chi connectivity index (χ0v) is 9.83. The van der Waals surface area contributed by atoms with E-state index in [0.717, 1.165) is 11.3 Å². The van der Waals surface area contributed by atoms with Crippen LogP contribution in [0.4, 0.5) is 0 Å². The van der Waals surface area contributed by atoms with E-state index in [1.165, 1.54) is 44.3 Å². The van der Waals surface area contributed by atoms with Crippen molar-refractivity contribution in [2.45, 2.75) is 56.7 Å². The van der Waals surface area contributed by atoms with E-state index in [9.17, 15) is 0 Å². The van der Waals surface area contributed by atoms with Gasteiger partial charge in [0.2, 0.25) is 0 Å². The molecule has 0 radical (unpaired) electrons. The topological polar surface area (TPSA) is 12.0 Å². The van der Waals surface area contributed by atoms with Crippen LogP contribution in [-0.2, 0) is 0 Å². The second kappa shape index (κ2) is 6.72. The fraction of sp³-hybridized carbons (Fsp3) is 1.00. The maximum Gasteiger partial charge on any atom is 0.0152 e. The average Bonchev–Trinajstić information content (AvgIpc) is 2.21. The summed E-state index contributed by atoms with van der Waals surface area (Å²) in [5, 5.41) is 4.34. The molecule has 0 bridgehead atoms. The molecule has 1 rings (SSSR count). The predicted molar refractivity (Wildman–Crippen MR) is 62.5 cm³/mol. The zero-order valence-electron chi connectivity index (χ0n) is 9.01. The summed E-state index contributed by atoms with van der Waals surface area (Å²) in [5.41, 5.74) is 0. The van der Waals surface area contributed by atoms with Crippen molar-refractivity contribution in [3.05, 3.63) is 0 Å². The van der Waals surface area contributed by atoms with Crippen LogP contribution in [0.2, 0.25) is 0 Å². The van der Waals surface area contributed by atoms with Gasteiger partial charge in [0.25, 0.3) is 0 Å². The molecule has 1 N–H and O–H groups in total. The van der Waals surface area contributed by atoms with E-state index in [1.807, 2.05) is 0 Å². The van der Waals surface area contributed by atoms with E-state index in [-0.39, 0.29) is 0 Å². The molecule has 0 aromatic carbocycles. The molecule has 1 saturated carbocycles. The minimum Gasteiger partial charge on any atom is -0.316 e. The molecule has 0 saturated heterocycles. The van der Waals surface area contributed by atoms with E-state index in [4.69, 9.17) is 0 Å². The first-order valence-corrected chi connectivity index (χ1v) is 6.70. The van der Waals surface area contributed by atoms with Crippen LogP contribution in [0.15, 0.2) is 0 Å². The van der Waals surface area contributed by atoms with Crippen LogP contribution < -0.4 is 5.32 Å². The molecule has 1 atom stereocenters. The predicted octanol–water partition coefficient (Wildman–Crippen LogP) is 3.05. The third-order valence-corrected chi connectivity index (χ3v) is 4.52. The molecule has 1 nitrogen and oxygen atoms in total. The van der Waals surface area contributed by atoms with Gasteiger partial charge in [0.05, 0.1) is 0 Å². The van der Waals surface area contributed by atoms with Crippen LogP contribution in [0.3, 0.4) is 0 Å². The van der Waals surface area contributed by atoms with Crippen molar-refractivity contribution in [2.24, 2.45) is 0 Å². The van der Waals surface area contributed by atoms with Crippen LogP contribution in [0, 0.1) is 0 Å². The average molecular weight is 201 g/mol. The van der Waals surface area contributed by atoms with Crippen molar-refractivity contribution >= 4 is 11.8 Å². The molecule has 13 heavy (non-hydrogen) atoms. The van der Waals surface area contributed by atoms with E-state index >= 15 is 0 Å².